The van der Waals surface area contributed by atoms with Gasteiger partial charge in [0.25, 0.3) is 0 Å². The van der Waals surface area contributed by atoms with E-state index < -0.39 is 17.4 Å². The highest BCUT2D eigenvalue weighted by Gasteiger charge is 2.36. The van der Waals surface area contributed by atoms with Gasteiger partial charge in [0, 0.05) is 25.2 Å². The van der Waals surface area contributed by atoms with E-state index in [1.807, 2.05) is 4.57 Å². The van der Waals surface area contributed by atoms with Crippen molar-refractivity contribution >= 4 is 35.2 Å². The second-order valence-electron chi connectivity index (χ2n) is 8.02. The number of ether oxygens (including phenoxy) is 1. The van der Waals surface area contributed by atoms with Gasteiger partial charge in [0.15, 0.2) is 5.75 Å². The van der Waals surface area contributed by atoms with Crippen LogP contribution in [0.1, 0.15) is 31.7 Å². The molecule has 9 heteroatoms. The number of carbonyl (C=O) groups is 1. The van der Waals surface area contributed by atoms with E-state index in [0.29, 0.717) is 23.2 Å². The highest BCUT2D eigenvalue weighted by molar-refractivity contribution is 5.85. The molecule has 0 spiro atoms. The van der Waals surface area contributed by atoms with Crippen LogP contribution in [0.25, 0.3) is 10.9 Å². The SMILES string of the molecule is Cl.O=C(O)Oc1cn(C2CC2)c2cc(N3CC4CCCNC4C3)c(F)cc2c1=O. The summed E-state index contributed by atoms with van der Waals surface area (Å²) < 4.78 is 21.5. The van der Waals surface area contributed by atoms with Crippen LogP contribution in [0.15, 0.2) is 23.1 Å². The van der Waals surface area contributed by atoms with Gasteiger partial charge in [-0.25, -0.2) is 9.18 Å². The lowest BCUT2D eigenvalue weighted by atomic mass is 9.94. The van der Waals surface area contributed by atoms with Gasteiger partial charge in [-0.3, -0.25) is 4.79 Å². The van der Waals surface area contributed by atoms with Crippen molar-refractivity contribution in [3.8, 4) is 5.75 Å². The molecule has 2 aromatic rings. The van der Waals surface area contributed by atoms with Crippen molar-refractivity contribution in [1.82, 2.24) is 9.88 Å². The van der Waals surface area contributed by atoms with Crippen LogP contribution in [0.4, 0.5) is 14.9 Å². The standard InChI is InChI=1S/C20H22FN3O4.ClH/c21-14-6-13-16(7-17(14)23-8-11-2-1-5-22-15(11)9-23)24(12-3-4-12)10-18(19(13)25)28-20(26)27;/h6-7,10-12,15,22H,1-5,8-9H2,(H,26,27);1H. The molecule has 2 atom stereocenters. The van der Waals surface area contributed by atoms with E-state index in [1.165, 1.54) is 12.3 Å². The maximum absolute atomic E-state index is 15.0. The third kappa shape index (κ3) is 3.55. The summed E-state index contributed by atoms with van der Waals surface area (Å²) in [6.07, 6.45) is 4.06. The molecule has 3 heterocycles. The van der Waals surface area contributed by atoms with Crippen LogP contribution in [0, 0.1) is 11.7 Å². The average Bonchev–Trinajstić information content (AvgIpc) is 3.41. The first-order valence-electron chi connectivity index (χ1n) is 9.79. The fourth-order valence-electron chi connectivity index (χ4n) is 4.64. The van der Waals surface area contributed by atoms with Crippen LogP contribution >= 0.6 is 12.4 Å². The summed E-state index contributed by atoms with van der Waals surface area (Å²) in [6.45, 7) is 2.55. The van der Waals surface area contributed by atoms with Gasteiger partial charge < -0.3 is 24.6 Å². The van der Waals surface area contributed by atoms with E-state index in [-0.39, 0.29) is 29.6 Å². The van der Waals surface area contributed by atoms with Crippen molar-refractivity contribution in [3.05, 3.63) is 34.4 Å². The Labute approximate surface area is 172 Å². The molecule has 0 amide bonds. The fourth-order valence-corrected chi connectivity index (χ4v) is 4.64. The number of nitrogens with zero attached hydrogens (tertiary/aromatic N) is 2. The number of nitrogens with one attached hydrogen (secondary N) is 1. The summed E-state index contributed by atoms with van der Waals surface area (Å²) in [7, 11) is 0. The summed E-state index contributed by atoms with van der Waals surface area (Å²) >= 11 is 0. The van der Waals surface area contributed by atoms with Gasteiger partial charge in [-0.05, 0) is 50.3 Å². The number of anilines is 1. The molecule has 1 aliphatic carbocycles. The van der Waals surface area contributed by atoms with Gasteiger partial charge in [0.2, 0.25) is 5.43 Å². The number of piperidine rings is 1. The van der Waals surface area contributed by atoms with Crippen molar-refractivity contribution in [2.45, 2.75) is 37.8 Å². The number of fused-ring (bicyclic) bond motifs is 2. The molecule has 1 saturated carbocycles. The van der Waals surface area contributed by atoms with E-state index in [9.17, 15) is 9.59 Å². The van der Waals surface area contributed by atoms with Gasteiger partial charge in [-0.2, -0.15) is 0 Å². The number of hydrogen-bond acceptors (Lipinski definition) is 5. The maximum atomic E-state index is 15.0. The van der Waals surface area contributed by atoms with Crippen LogP contribution in [-0.2, 0) is 0 Å². The zero-order chi connectivity index (χ0) is 19.4. The highest BCUT2D eigenvalue weighted by Crippen LogP contribution is 2.39. The number of carboxylic acid groups (broad SMARTS) is 1. The van der Waals surface area contributed by atoms with Crippen molar-refractivity contribution in [2.24, 2.45) is 5.92 Å². The minimum Gasteiger partial charge on any atom is -0.449 e. The molecular formula is C20H23ClFN3O4. The van der Waals surface area contributed by atoms with Crippen molar-refractivity contribution in [1.29, 1.82) is 0 Å². The predicted octanol–water partition coefficient (Wildman–Crippen LogP) is 3.14. The first-order chi connectivity index (χ1) is 13.5. The molecule has 156 valence electrons. The normalized spacial score (nSPS) is 23.6. The second kappa shape index (κ2) is 7.50. The Balaban J connectivity index is 0.00000205. The molecule has 3 aliphatic rings. The molecule has 7 nitrogen and oxygen atoms in total. The van der Waals surface area contributed by atoms with Crippen LogP contribution in [0.2, 0.25) is 0 Å². The first kappa shape index (κ1) is 20.0. The van der Waals surface area contributed by atoms with E-state index in [1.54, 1.807) is 6.07 Å². The Hall–Kier alpha value is -2.32. The Bertz CT molecular complexity index is 1010. The molecule has 0 radical (unpaired) electrons. The van der Waals surface area contributed by atoms with E-state index in [0.717, 1.165) is 45.3 Å². The summed E-state index contributed by atoms with van der Waals surface area (Å²) in [5, 5.41) is 12.6. The van der Waals surface area contributed by atoms with Crippen LogP contribution in [0.3, 0.4) is 0 Å². The van der Waals surface area contributed by atoms with Crippen LogP contribution in [-0.4, -0.2) is 41.5 Å². The number of aromatic nitrogens is 1. The predicted molar refractivity (Wildman–Crippen MR) is 109 cm³/mol. The molecule has 1 aromatic carbocycles. The largest absolute Gasteiger partial charge is 0.511 e. The molecule has 5 rings (SSSR count). The van der Waals surface area contributed by atoms with Gasteiger partial charge in [0.05, 0.1) is 22.8 Å². The smallest absolute Gasteiger partial charge is 0.449 e. The van der Waals surface area contributed by atoms with E-state index >= 15 is 4.39 Å². The number of pyridine rings is 1. The summed E-state index contributed by atoms with van der Waals surface area (Å²) in [5.74, 6) is -0.227. The molecule has 0 bridgehead atoms. The zero-order valence-electron chi connectivity index (χ0n) is 15.8. The number of hydrogen-bond donors (Lipinski definition) is 2. The summed E-state index contributed by atoms with van der Waals surface area (Å²) in [4.78, 5) is 25.6. The lowest BCUT2D eigenvalue weighted by Gasteiger charge is -2.24. The number of rotatable bonds is 3. The highest BCUT2D eigenvalue weighted by atomic mass is 35.5. The second-order valence-corrected chi connectivity index (χ2v) is 8.02. The van der Waals surface area contributed by atoms with Crippen molar-refractivity contribution in [2.75, 3.05) is 24.5 Å². The summed E-state index contributed by atoms with van der Waals surface area (Å²) in [5.41, 5.74) is 0.533. The number of benzene rings is 1. The van der Waals surface area contributed by atoms with Crippen molar-refractivity contribution < 1.29 is 19.0 Å². The summed E-state index contributed by atoms with van der Waals surface area (Å²) in [6, 6.07) is 3.53. The lowest BCUT2D eigenvalue weighted by Crippen LogP contribution is -2.40. The molecular weight excluding hydrogens is 401 g/mol. The van der Waals surface area contributed by atoms with Gasteiger partial charge in [-0.15, -0.1) is 12.4 Å². The van der Waals surface area contributed by atoms with E-state index in [4.69, 9.17) is 5.11 Å². The Morgan fingerprint density at radius 2 is 2.03 bits per heavy atom. The minimum atomic E-state index is -1.55. The first-order valence-corrected chi connectivity index (χ1v) is 9.79. The molecule has 3 fully saturated rings. The molecule has 2 saturated heterocycles. The molecule has 2 aliphatic heterocycles. The molecule has 2 unspecified atom stereocenters. The fraction of sp³-hybridized carbons (Fsp3) is 0.500. The monoisotopic (exact) mass is 423 g/mol. The molecule has 29 heavy (non-hydrogen) atoms. The van der Waals surface area contributed by atoms with Gasteiger partial charge in [0.1, 0.15) is 5.82 Å². The van der Waals surface area contributed by atoms with Gasteiger partial charge in [-0.1, -0.05) is 0 Å². The minimum absolute atomic E-state index is 0. The Morgan fingerprint density at radius 3 is 2.72 bits per heavy atom. The maximum Gasteiger partial charge on any atom is 0.511 e. The third-order valence-electron chi connectivity index (χ3n) is 6.15. The van der Waals surface area contributed by atoms with Crippen LogP contribution < -0.4 is 20.4 Å². The topological polar surface area (TPSA) is 83.8 Å². The van der Waals surface area contributed by atoms with Crippen molar-refractivity contribution in [3.63, 3.8) is 0 Å². The zero-order valence-corrected chi connectivity index (χ0v) is 16.6. The quantitative estimate of drug-likeness (QED) is 0.738. The van der Waals surface area contributed by atoms with Crippen LogP contribution in [0.5, 0.6) is 5.75 Å². The molecule has 1 aromatic heterocycles. The molecule has 2 N–H and O–H groups in total. The van der Waals surface area contributed by atoms with Gasteiger partial charge >= 0.3 is 6.16 Å². The lowest BCUT2D eigenvalue weighted by molar-refractivity contribution is 0.143. The Kier molecular flexibility index (Phi) is 5.16. The van der Waals surface area contributed by atoms with E-state index in [2.05, 4.69) is 15.0 Å². The Morgan fingerprint density at radius 1 is 1.24 bits per heavy atom. The number of halogens is 2. The average molecular weight is 424 g/mol. The third-order valence-corrected chi connectivity index (χ3v) is 6.15.